The second-order valence-corrected chi connectivity index (χ2v) is 9.04. The molecule has 0 bridgehead atoms. The zero-order valence-corrected chi connectivity index (χ0v) is 18.5. The SMILES string of the molecule is CC1(C)C=C(C(=O)NC/C=C/c2cn([C@H]3C[C@H](O)[C@@H](CO)O3)c(=O)[nH]c2=O)C(C)(C)N1[O]. The quantitative estimate of drug-likeness (QED) is 0.454. The Morgan fingerprint density at radius 3 is 2.59 bits per heavy atom. The highest BCUT2D eigenvalue weighted by atomic mass is 16.5. The number of hydrogen-bond acceptors (Lipinski definition) is 7. The van der Waals surface area contributed by atoms with Crippen molar-refractivity contribution in [3.8, 4) is 0 Å². The predicted octanol–water partition coefficient (Wildman–Crippen LogP) is -0.549. The van der Waals surface area contributed by atoms with E-state index in [2.05, 4.69) is 10.3 Å². The van der Waals surface area contributed by atoms with Gasteiger partial charge in [-0.25, -0.2) is 4.79 Å². The van der Waals surface area contributed by atoms with Gasteiger partial charge in [-0.1, -0.05) is 18.2 Å². The summed E-state index contributed by atoms with van der Waals surface area (Å²) in [7, 11) is 0. The number of hydrogen-bond donors (Lipinski definition) is 4. The Kier molecular flexibility index (Phi) is 6.59. The first-order valence-electron chi connectivity index (χ1n) is 10.3. The van der Waals surface area contributed by atoms with Gasteiger partial charge in [0.1, 0.15) is 12.3 Å². The molecule has 32 heavy (non-hydrogen) atoms. The fraction of sp³-hybridized carbons (Fsp3) is 0.571. The van der Waals surface area contributed by atoms with E-state index in [-0.39, 0.29) is 24.4 Å². The fourth-order valence-electron chi connectivity index (χ4n) is 4.08. The third kappa shape index (κ3) is 4.48. The van der Waals surface area contributed by atoms with Gasteiger partial charge in [-0.3, -0.25) is 19.1 Å². The number of H-pyrrole nitrogens is 1. The Morgan fingerprint density at radius 1 is 1.34 bits per heavy atom. The van der Waals surface area contributed by atoms with E-state index in [4.69, 9.17) is 4.74 Å². The van der Waals surface area contributed by atoms with Gasteiger partial charge >= 0.3 is 5.69 Å². The highest BCUT2D eigenvalue weighted by Crippen LogP contribution is 2.38. The van der Waals surface area contributed by atoms with E-state index in [0.29, 0.717) is 5.57 Å². The van der Waals surface area contributed by atoms with Crippen molar-refractivity contribution in [2.24, 2.45) is 0 Å². The Labute approximate surface area is 184 Å². The molecule has 2 aliphatic heterocycles. The third-order valence-electron chi connectivity index (χ3n) is 5.80. The van der Waals surface area contributed by atoms with Crippen molar-refractivity contribution in [3.63, 3.8) is 0 Å². The molecule has 3 atom stereocenters. The predicted molar refractivity (Wildman–Crippen MR) is 114 cm³/mol. The molecule has 0 spiro atoms. The van der Waals surface area contributed by atoms with Gasteiger partial charge in [0.05, 0.1) is 29.4 Å². The van der Waals surface area contributed by atoms with Gasteiger partial charge in [0.2, 0.25) is 5.91 Å². The lowest BCUT2D eigenvalue weighted by atomic mass is 9.96. The summed E-state index contributed by atoms with van der Waals surface area (Å²) in [6.07, 6.45) is 3.47. The summed E-state index contributed by atoms with van der Waals surface area (Å²) in [5.74, 6) is -0.381. The van der Waals surface area contributed by atoms with Crippen molar-refractivity contribution in [2.75, 3.05) is 13.2 Å². The number of aromatic amines is 1. The molecule has 2 aliphatic rings. The second kappa shape index (κ2) is 8.75. The van der Waals surface area contributed by atoms with E-state index in [9.17, 15) is 29.8 Å². The van der Waals surface area contributed by atoms with Crippen LogP contribution < -0.4 is 16.6 Å². The number of amides is 1. The summed E-state index contributed by atoms with van der Waals surface area (Å²) in [5, 5.41) is 35.1. The van der Waals surface area contributed by atoms with Crippen LogP contribution in [-0.4, -0.2) is 67.2 Å². The van der Waals surface area contributed by atoms with Crippen LogP contribution in [0.25, 0.3) is 6.08 Å². The Hall–Kier alpha value is -2.57. The van der Waals surface area contributed by atoms with Gasteiger partial charge in [-0.15, -0.1) is 10.3 Å². The van der Waals surface area contributed by atoms with Crippen LogP contribution in [0, 0.1) is 0 Å². The number of hydroxylamine groups is 2. The van der Waals surface area contributed by atoms with Crippen molar-refractivity contribution < 1.29 is 25.0 Å². The van der Waals surface area contributed by atoms with Crippen LogP contribution in [0.3, 0.4) is 0 Å². The summed E-state index contributed by atoms with van der Waals surface area (Å²) >= 11 is 0. The van der Waals surface area contributed by atoms with Crippen molar-refractivity contribution in [1.82, 2.24) is 19.9 Å². The molecule has 11 nitrogen and oxygen atoms in total. The maximum Gasteiger partial charge on any atom is 0.330 e. The van der Waals surface area contributed by atoms with E-state index in [1.54, 1.807) is 39.8 Å². The average Bonchev–Trinajstić information content (AvgIpc) is 3.16. The number of aromatic nitrogens is 2. The third-order valence-corrected chi connectivity index (χ3v) is 5.80. The molecular formula is C21H29N4O7. The Bertz CT molecular complexity index is 1050. The smallest absolute Gasteiger partial charge is 0.330 e. The number of nitrogens with zero attached hydrogens (tertiary/aromatic N) is 2. The molecule has 0 saturated carbocycles. The number of carbonyl (C=O) groups is 1. The zero-order valence-electron chi connectivity index (χ0n) is 18.5. The minimum absolute atomic E-state index is 0.0916. The molecule has 1 saturated heterocycles. The molecular weight excluding hydrogens is 420 g/mol. The molecule has 11 heteroatoms. The minimum Gasteiger partial charge on any atom is -0.394 e. The van der Waals surface area contributed by atoms with Crippen molar-refractivity contribution in [2.45, 2.75) is 63.6 Å². The van der Waals surface area contributed by atoms with Crippen molar-refractivity contribution in [3.05, 3.63) is 50.3 Å². The standard InChI is InChI=1S/C21H29N4O7/c1-20(2)9-13(21(3,4)25(20)31)18(29)22-7-5-6-12-10-24(19(30)23-17(12)28)16-8-14(27)15(11-26)32-16/h5-6,9-10,14-16,26-27H,7-8,11H2,1-4H3,(H,22,29)(H,23,28,30)/b6-5+/t14-,15+,16+/m0/s1. The highest BCUT2D eigenvalue weighted by molar-refractivity contribution is 5.96. The van der Waals surface area contributed by atoms with Gasteiger partial charge in [0.15, 0.2) is 0 Å². The average molecular weight is 449 g/mol. The van der Waals surface area contributed by atoms with Gasteiger partial charge in [0.25, 0.3) is 5.56 Å². The Morgan fingerprint density at radius 2 is 2.03 bits per heavy atom. The number of rotatable bonds is 6. The maximum atomic E-state index is 12.6. The zero-order chi connectivity index (χ0) is 23.8. The lowest BCUT2D eigenvalue weighted by Crippen LogP contribution is -2.48. The Balaban J connectivity index is 1.69. The van der Waals surface area contributed by atoms with Gasteiger partial charge in [-0.2, -0.15) is 0 Å². The minimum atomic E-state index is -0.970. The second-order valence-electron chi connectivity index (χ2n) is 9.04. The monoisotopic (exact) mass is 449 g/mol. The fourth-order valence-corrected chi connectivity index (χ4v) is 4.08. The van der Waals surface area contributed by atoms with E-state index >= 15 is 0 Å². The van der Waals surface area contributed by atoms with Gasteiger partial charge < -0.3 is 20.3 Å². The molecule has 1 aromatic heterocycles. The molecule has 0 aromatic carbocycles. The molecule has 1 radical (unpaired) electrons. The first-order chi connectivity index (χ1) is 14.9. The van der Waals surface area contributed by atoms with Crippen LogP contribution in [0.5, 0.6) is 0 Å². The first-order valence-corrected chi connectivity index (χ1v) is 10.3. The molecule has 175 valence electrons. The summed E-state index contributed by atoms with van der Waals surface area (Å²) < 4.78 is 6.62. The maximum absolute atomic E-state index is 12.6. The lowest BCUT2D eigenvalue weighted by Gasteiger charge is -2.33. The number of nitrogens with one attached hydrogen (secondary N) is 2. The number of carbonyl (C=O) groups excluding carboxylic acids is 1. The number of aliphatic hydroxyl groups excluding tert-OH is 2. The number of aliphatic hydroxyl groups is 2. The largest absolute Gasteiger partial charge is 0.394 e. The van der Waals surface area contributed by atoms with Gasteiger partial charge in [-0.05, 0) is 27.7 Å². The summed E-state index contributed by atoms with van der Waals surface area (Å²) in [6, 6.07) is 0. The topological polar surface area (TPSA) is 157 Å². The van der Waals surface area contributed by atoms with E-state index in [1.165, 1.54) is 12.3 Å². The number of ether oxygens (including phenoxy) is 1. The summed E-state index contributed by atoms with van der Waals surface area (Å²) in [5.41, 5.74) is -2.56. The van der Waals surface area contributed by atoms with Crippen LogP contribution in [0.4, 0.5) is 0 Å². The molecule has 4 N–H and O–H groups in total. The van der Waals surface area contributed by atoms with Crippen LogP contribution in [0.1, 0.15) is 45.9 Å². The molecule has 3 heterocycles. The molecule has 1 fully saturated rings. The van der Waals surface area contributed by atoms with Gasteiger partial charge in [0, 0.05) is 24.7 Å². The molecule has 3 rings (SSSR count). The lowest BCUT2D eigenvalue weighted by molar-refractivity contribution is -0.238. The highest BCUT2D eigenvalue weighted by Gasteiger charge is 2.48. The van der Waals surface area contributed by atoms with Crippen LogP contribution in [0.15, 0.2) is 33.5 Å². The summed E-state index contributed by atoms with van der Waals surface area (Å²) in [4.78, 5) is 39.1. The normalized spacial score (nSPS) is 27.1. The summed E-state index contributed by atoms with van der Waals surface area (Å²) in [6.45, 7) is 6.54. The van der Waals surface area contributed by atoms with Crippen LogP contribution in [0.2, 0.25) is 0 Å². The molecule has 1 amide bonds. The van der Waals surface area contributed by atoms with E-state index in [1.807, 2.05) is 0 Å². The first kappa shape index (κ1) is 24.1. The van der Waals surface area contributed by atoms with Crippen molar-refractivity contribution >= 4 is 12.0 Å². The molecule has 1 aromatic rings. The van der Waals surface area contributed by atoms with E-state index < -0.39 is 47.4 Å². The molecule has 0 unspecified atom stereocenters. The van der Waals surface area contributed by atoms with Crippen LogP contribution in [-0.2, 0) is 14.7 Å². The van der Waals surface area contributed by atoms with E-state index in [0.717, 1.165) is 9.63 Å². The van der Waals surface area contributed by atoms with Crippen LogP contribution >= 0.6 is 0 Å². The van der Waals surface area contributed by atoms with Crippen molar-refractivity contribution in [1.29, 1.82) is 0 Å². The molecule has 0 aliphatic carbocycles.